The van der Waals surface area contributed by atoms with Crippen molar-refractivity contribution in [1.82, 2.24) is 4.31 Å². The van der Waals surface area contributed by atoms with Gasteiger partial charge in [0.25, 0.3) is 0 Å². The fourth-order valence-corrected chi connectivity index (χ4v) is 4.17. The summed E-state index contributed by atoms with van der Waals surface area (Å²) in [7, 11) is -3.49. The molecule has 0 spiro atoms. The van der Waals surface area contributed by atoms with Gasteiger partial charge in [0.05, 0.1) is 17.6 Å². The van der Waals surface area contributed by atoms with E-state index < -0.39 is 10.0 Å². The number of hydrogen-bond acceptors (Lipinski definition) is 4. The second-order valence-corrected chi connectivity index (χ2v) is 7.40. The Kier molecular flexibility index (Phi) is 5.37. The van der Waals surface area contributed by atoms with E-state index in [4.69, 9.17) is 10.5 Å². The Balaban J connectivity index is 2.23. The monoisotopic (exact) mass is 312 g/mol. The molecule has 5 nitrogen and oxygen atoms in total. The summed E-state index contributed by atoms with van der Waals surface area (Å²) < 4.78 is 32.5. The smallest absolute Gasteiger partial charge is 0.243 e. The van der Waals surface area contributed by atoms with Crippen LogP contribution in [0.15, 0.2) is 29.2 Å². The van der Waals surface area contributed by atoms with Crippen molar-refractivity contribution in [3.8, 4) is 0 Å². The van der Waals surface area contributed by atoms with Gasteiger partial charge in [-0.2, -0.15) is 4.31 Å². The van der Waals surface area contributed by atoms with E-state index in [9.17, 15) is 8.42 Å². The van der Waals surface area contributed by atoms with Crippen LogP contribution in [0, 0.1) is 0 Å². The Morgan fingerprint density at radius 2 is 2.00 bits per heavy atom. The lowest BCUT2D eigenvalue weighted by Gasteiger charge is -2.36. The molecule has 0 radical (unpaired) electrons. The molecule has 6 heteroatoms. The van der Waals surface area contributed by atoms with Crippen molar-refractivity contribution in [2.45, 2.75) is 43.7 Å². The van der Waals surface area contributed by atoms with Crippen molar-refractivity contribution < 1.29 is 13.2 Å². The highest BCUT2D eigenvalue weighted by atomic mass is 32.2. The molecule has 2 N–H and O–H groups in total. The Morgan fingerprint density at radius 1 is 1.33 bits per heavy atom. The average Bonchev–Trinajstić information content (AvgIpc) is 2.48. The van der Waals surface area contributed by atoms with Gasteiger partial charge in [-0.05, 0) is 31.0 Å². The van der Waals surface area contributed by atoms with Crippen LogP contribution in [0.5, 0.6) is 0 Å². The number of aryl methyl sites for hydroxylation is 1. The maximum absolute atomic E-state index is 12.8. The zero-order valence-corrected chi connectivity index (χ0v) is 13.5. The van der Waals surface area contributed by atoms with Crippen LogP contribution in [0.4, 0.5) is 0 Å². The van der Waals surface area contributed by atoms with Gasteiger partial charge in [0.1, 0.15) is 0 Å². The minimum atomic E-state index is -3.49. The molecular formula is C15H24N2O3S. The van der Waals surface area contributed by atoms with Crippen molar-refractivity contribution in [1.29, 1.82) is 0 Å². The number of hydrogen-bond donors (Lipinski definition) is 1. The number of benzene rings is 1. The molecule has 0 amide bonds. The summed E-state index contributed by atoms with van der Waals surface area (Å²) in [5, 5.41) is 0. The van der Waals surface area contributed by atoms with Crippen LogP contribution in [0.1, 0.15) is 25.8 Å². The summed E-state index contributed by atoms with van der Waals surface area (Å²) in [6, 6.07) is 7.00. The summed E-state index contributed by atoms with van der Waals surface area (Å²) in [6.45, 7) is 4.99. The van der Waals surface area contributed by atoms with E-state index in [-0.39, 0.29) is 12.1 Å². The fraction of sp³-hybridized carbons (Fsp3) is 0.600. The van der Waals surface area contributed by atoms with Gasteiger partial charge in [-0.15, -0.1) is 0 Å². The summed E-state index contributed by atoms with van der Waals surface area (Å²) in [6.07, 6.45) is 1.78. The largest absolute Gasteiger partial charge is 0.374 e. The van der Waals surface area contributed by atoms with Gasteiger partial charge >= 0.3 is 0 Å². The lowest BCUT2D eigenvalue weighted by atomic mass is 10.1. The maximum Gasteiger partial charge on any atom is 0.243 e. The quantitative estimate of drug-likeness (QED) is 0.891. The molecular weight excluding hydrogens is 288 g/mol. The lowest BCUT2D eigenvalue weighted by Crippen LogP contribution is -2.52. The summed E-state index contributed by atoms with van der Waals surface area (Å²) in [5.41, 5.74) is 6.76. The average molecular weight is 312 g/mol. The molecule has 118 valence electrons. The second-order valence-electron chi connectivity index (χ2n) is 5.51. The second kappa shape index (κ2) is 6.87. The van der Waals surface area contributed by atoms with Crippen molar-refractivity contribution in [2.75, 3.05) is 19.7 Å². The standard InChI is InChI=1S/C15H24N2O3S/c1-3-4-13-5-7-15(8-6-13)21(18,19)17-10-14(9-16)20-11-12(17)2/h5-8,12,14H,3-4,9-11,16H2,1-2H3. The molecule has 2 rings (SSSR count). The third kappa shape index (κ3) is 3.63. The normalized spacial score (nSPS) is 24.1. The lowest BCUT2D eigenvalue weighted by molar-refractivity contribution is -0.0219. The molecule has 1 heterocycles. The van der Waals surface area contributed by atoms with Crippen molar-refractivity contribution in [2.24, 2.45) is 5.73 Å². The Morgan fingerprint density at radius 3 is 2.57 bits per heavy atom. The van der Waals surface area contributed by atoms with E-state index in [0.29, 0.717) is 24.6 Å². The minimum Gasteiger partial charge on any atom is -0.374 e. The Bertz CT molecular complexity index is 557. The van der Waals surface area contributed by atoms with E-state index in [2.05, 4.69) is 6.92 Å². The highest BCUT2D eigenvalue weighted by molar-refractivity contribution is 7.89. The van der Waals surface area contributed by atoms with Crippen molar-refractivity contribution in [3.05, 3.63) is 29.8 Å². The van der Waals surface area contributed by atoms with Gasteiger partial charge in [0.15, 0.2) is 0 Å². The van der Waals surface area contributed by atoms with Crippen LogP contribution in [0.25, 0.3) is 0 Å². The molecule has 1 fully saturated rings. The minimum absolute atomic E-state index is 0.173. The topological polar surface area (TPSA) is 72.6 Å². The van der Waals surface area contributed by atoms with Gasteiger partial charge in [-0.1, -0.05) is 25.5 Å². The summed E-state index contributed by atoms with van der Waals surface area (Å²) >= 11 is 0. The van der Waals surface area contributed by atoms with Crippen molar-refractivity contribution >= 4 is 10.0 Å². The number of morpholine rings is 1. The highest BCUT2D eigenvalue weighted by Gasteiger charge is 2.34. The fourth-order valence-electron chi connectivity index (χ4n) is 2.52. The number of nitrogens with zero attached hydrogens (tertiary/aromatic N) is 1. The maximum atomic E-state index is 12.8. The van der Waals surface area contributed by atoms with Gasteiger partial charge in [-0.25, -0.2) is 8.42 Å². The first kappa shape index (κ1) is 16.4. The first-order valence-corrected chi connectivity index (χ1v) is 8.85. The molecule has 0 aromatic heterocycles. The van der Waals surface area contributed by atoms with E-state index in [1.54, 1.807) is 12.1 Å². The third-order valence-electron chi connectivity index (χ3n) is 3.78. The van der Waals surface area contributed by atoms with E-state index in [0.717, 1.165) is 18.4 Å². The predicted octanol–water partition coefficient (Wildman–Crippen LogP) is 1.38. The molecule has 1 aromatic rings. The van der Waals surface area contributed by atoms with E-state index >= 15 is 0 Å². The highest BCUT2D eigenvalue weighted by Crippen LogP contribution is 2.22. The van der Waals surface area contributed by atoms with Gasteiger partial charge in [0, 0.05) is 19.1 Å². The van der Waals surface area contributed by atoms with Crippen LogP contribution in [0.3, 0.4) is 0 Å². The zero-order valence-electron chi connectivity index (χ0n) is 12.7. The summed E-state index contributed by atoms with van der Waals surface area (Å²) in [5.74, 6) is 0. The number of rotatable bonds is 5. The van der Waals surface area contributed by atoms with Gasteiger partial charge in [0.2, 0.25) is 10.0 Å². The molecule has 2 atom stereocenters. The molecule has 1 aliphatic rings. The number of ether oxygens (including phenoxy) is 1. The Hall–Kier alpha value is -0.950. The molecule has 1 aromatic carbocycles. The number of nitrogens with two attached hydrogens (primary N) is 1. The van der Waals surface area contributed by atoms with Crippen LogP contribution in [-0.2, 0) is 21.2 Å². The van der Waals surface area contributed by atoms with Crippen LogP contribution < -0.4 is 5.73 Å². The molecule has 1 saturated heterocycles. The van der Waals surface area contributed by atoms with Gasteiger partial charge < -0.3 is 10.5 Å². The third-order valence-corrected chi connectivity index (χ3v) is 5.77. The molecule has 2 unspecified atom stereocenters. The van der Waals surface area contributed by atoms with Crippen molar-refractivity contribution in [3.63, 3.8) is 0 Å². The van der Waals surface area contributed by atoms with Crippen LogP contribution >= 0.6 is 0 Å². The van der Waals surface area contributed by atoms with Crippen LogP contribution in [0.2, 0.25) is 0 Å². The first-order chi connectivity index (χ1) is 9.98. The SMILES string of the molecule is CCCc1ccc(S(=O)(=O)N2CC(CN)OCC2C)cc1. The number of sulfonamides is 1. The van der Waals surface area contributed by atoms with E-state index in [1.807, 2.05) is 19.1 Å². The Labute approximate surface area is 127 Å². The molecule has 1 aliphatic heterocycles. The van der Waals surface area contributed by atoms with Gasteiger partial charge in [-0.3, -0.25) is 0 Å². The zero-order chi connectivity index (χ0) is 15.5. The summed E-state index contributed by atoms with van der Waals surface area (Å²) in [4.78, 5) is 0.340. The molecule has 21 heavy (non-hydrogen) atoms. The predicted molar refractivity (Wildman–Crippen MR) is 82.6 cm³/mol. The van der Waals surface area contributed by atoms with Crippen LogP contribution in [-0.4, -0.2) is 44.6 Å². The molecule has 0 aliphatic carbocycles. The molecule has 0 bridgehead atoms. The molecule has 0 saturated carbocycles. The first-order valence-electron chi connectivity index (χ1n) is 7.41. The van der Waals surface area contributed by atoms with E-state index in [1.165, 1.54) is 4.31 Å².